The number of ether oxygens (including phenoxy) is 1. The zero-order valence-electron chi connectivity index (χ0n) is 13.0. The minimum absolute atomic E-state index is 0.153. The summed E-state index contributed by atoms with van der Waals surface area (Å²) in [5.74, 6) is 0.184. The molecule has 1 aromatic carbocycles. The molecular formula is C16H22N2O3. The van der Waals surface area contributed by atoms with Crippen LogP contribution < -0.4 is 10.5 Å². The predicted molar refractivity (Wildman–Crippen MR) is 83.0 cm³/mol. The van der Waals surface area contributed by atoms with E-state index in [9.17, 15) is 4.79 Å². The van der Waals surface area contributed by atoms with E-state index in [1.165, 1.54) is 0 Å². The van der Waals surface area contributed by atoms with Crippen LogP contribution in [0.15, 0.2) is 27.4 Å². The Labute approximate surface area is 124 Å². The molecule has 0 fully saturated rings. The maximum atomic E-state index is 11.6. The van der Waals surface area contributed by atoms with E-state index in [-0.39, 0.29) is 5.92 Å². The third-order valence-corrected chi connectivity index (χ3v) is 3.21. The third kappa shape index (κ3) is 3.82. The summed E-state index contributed by atoms with van der Waals surface area (Å²) in [7, 11) is 4.05. The summed E-state index contributed by atoms with van der Waals surface area (Å²) >= 11 is 0. The van der Waals surface area contributed by atoms with Gasteiger partial charge in [-0.3, -0.25) is 0 Å². The number of rotatable bonds is 6. The first-order valence-corrected chi connectivity index (χ1v) is 7.20. The van der Waals surface area contributed by atoms with Gasteiger partial charge in [-0.05, 0) is 38.6 Å². The predicted octanol–water partition coefficient (Wildman–Crippen LogP) is 2.64. The fraction of sp³-hybridized carbons (Fsp3) is 0.500. The number of hydrogen-bond acceptors (Lipinski definition) is 5. The molecule has 114 valence electrons. The van der Waals surface area contributed by atoms with Gasteiger partial charge in [-0.15, -0.1) is 0 Å². The van der Waals surface area contributed by atoms with Crippen LogP contribution in [0, 0.1) is 0 Å². The normalized spacial score (nSPS) is 11.5. The number of hydrogen-bond donors (Lipinski definition) is 0. The highest BCUT2D eigenvalue weighted by molar-refractivity contribution is 5.84. The van der Waals surface area contributed by atoms with E-state index in [4.69, 9.17) is 9.15 Å². The minimum atomic E-state index is -0.574. The van der Waals surface area contributed by atoms with E-state index in [1.54, 1.807) is 0 Å². The largest absolute Gasteiger partial charge is 0.490 e. The Morgan fingerprint density at radius 3 is 2.76 bits per heavy atom. The van der Waals surface area contributed by atoms with Gasteiger partial charge in [-0.1, -0.05) is 19.9 Å². The number of aromatic nitrogens is 1. The van der Waals surface area contributed by atoms with Crippen LogP contribution in [0.4, 0.5) is 0 Å². The minimum Gasteiger partial charge on any atom is -0.490 e. The Kier molecular flexibility index (Phi) is 4.96. The molecule has 0 atom stereocenters. The van der Waals surface area contributed by atoms with Crippen molar-refractivity contribution in [3.8, 4) is 5.75 Å². The summed E-state index contributed by atoms with van der Waals surface area (Å²) in [6, 6.07) is 5.63. The first-order chi connectivity index (χ1) is 9.99. The van der Waals surface area contributed by atoms with Gasteiger partial charge in [-0.25, -0.2) is 4.79 Å². The van der Waals surface area contributed by atoms with Crippen LogP contribution >= 0.6 is 0 Å². The number of nitrogens with zero attached hydrogens (tertiary/aromatic N) is 2. The second kappa shape index (κ2) is 6.72. The van der Waals surface area contributed by atoms with Crippen LogP contribution in [0.2, 0.25) is 0 Å². The van der Waals surface area contributed by atoms with E-state index >= 15 is 0 Å². The number of para-hydroxylation sites is 1. The highest BCUT2D eigenvalue weighted by Gasteiger charge is 2.14. The molecule has 0 aliphatic rings. The van der Waals surface area contributed by atoms with Crippen LogP contribution in [0.25, 0.3) is 11.0 Å². The zero-order chi connectivity index (χ0) is 15.4. The molecular weight excluding hydrogens is 268 g/mol. The maximum Gasteiger partial charge on any atom is 0.439 e. The highest BCUT2D eigenvalue weighted by Crippen LogP contribution is 2.28. The molecule has 0 aliphatic carbocycles. The molecule has 1 heterocycles. The molecule has 0 saturated heterocycles. The lowest BCUT2D eigenvalue weighted by atomic mass is 10.1. The van der Waals surface area contributed by atoms with E-state index in [2.05, 4.69) is 9.88 Å². The van der Waals surface area contributed by atoms with Gasteiger partial charge >= 0.3 is 5.76 Å². The van der Waals surface area contributed by atoms with Gasteiger partial charge in [-0.2, -0.15) is 4.98 Å². The summed E-state index contributed by atoms with van der Waals surface area (Å²) < 4.78 is 11.0. The van der Waals surface area contributed by atoms with E-state index < -0.39 is 5.76 Å². The fourth-order valence-corrected chi connectivity index (χ4v) is 2.21. The van der Waals surface area contributed by atoms with Crippen LogP contribution in [0.1, 0.15) is 31.9 Å². The molecule has 1 aromatic heterocycles. The summed E-state index contributed by atoms with van der Waals surface area (Å²) in [6.45, 7) is 5.55. The van der Waals surface area contributed by atoms with Crippen molar-refractivity contribution in [2.75, 3.05) is 27.2 Å². The van der Waals surface area contributed by atoms with Gasteiger partial charge in [0.2, 0.25) is 0 Å². The van der Waals surface area contributed by atoms with Crippen molar-refractivity contribution in [2.45, 2.75) is 26.2 Å². The lowest BCUT2D eigenvalue weighted by Gasteiger charge is -2.12. The van der Waals surface area contributed by atoms with Crippen LogP contribution in [0.5, 0.6) is 5.75 Å². The van der Waals surface area contributed by atoms with Crippen molar-refractivity contribution < 1.29 is 9.15 Å². The highest BCUT2D eigenvalue weighted by atomic mass is 16.5. The number of benzene rings is 1. The van der Waals surface area contributed by atoms with Gasteiger partial charge in [0.1, 0.15) is 0 Å². The van der Waals surface area contributed by atoms with E-state index in [0.29, 0.717) is 17.9 Å². The molecule has 5 nitrogen and oxygen atoms in total. The summed E-state index contributed by atoms with van der Waals surface area (Å²) in [4.78, 5) is 17.7. The van der Waals surface area contributed by atoms with Crippen LogP contribution in [-0.4, -0.2) is 37.1 Å². The molecule has 0 unspecified atom stereocenters. The Hall–Kier alpha value is -1.88. The third-order valence-electron chi connectivity index (χ3n) is 3.21. The lowest BCUT2D eigenvalue weighted by Crippen LogP contribution is -2.15. The Bertz CT molecular complexity index is 662. The fourth-order valence-electron chi connectivity index (χ4n) is 2.21. The molecule has 2 aromatic rings. The van der Waals surface area contributed by atoms with Gasteiger partial charge < -0.3 is 14.1 Å². The summed E-state index contributed by atoms with van der Waals surface area (Å²) in [5, 5.41) is 0.842. The average molecular weight is 290 g/mol. The smallest absolute Gasteiger partial charge is 0.439 e. The molecule has 0 radical (unpaired) electrons. The first kappa shape index (κ1) is 15.5. The second-order valence-corrected chi connectivity index (χ2v) is 5.66. The van der Waals surface area contributed by atoms with Gasteiger partial charge in [0.15, 0.2) is 11.3 Å². The van der Waals surface area contributed by atoms with Crippen molar-refractivity contribution >= 4 is 11.0 Å². The van der Waals surface area contributed by atoms with Crippen LogP contribution in [-0.2, 0) is 0 Å². The van der Waals surface area contributed by atoms with Crippen molar-refractivity contribution in [2.24, 2.45) is 0 Å². The molecule has 0 bridgehead atoms. The molecule has 0 amide bonds. The van der Waals surface area contributed by atoms with E-state index in [0.717, 1.165) is 24.0 Å². The molecule has 0 aliphatic heterocycles. The SMILES string of the molecule is CC(C)c1nc(=O)oc2c(OCCCN(C)C)cccc12. The van der Waals surface area contributed by atoms with Crippen molar-refractivity contribution in [1.29, 1.82) is 0 Å². The Morgan fingerprint density at radius 2 is 2.10 bits per heavy atom. The van der Waals surface area contributed by atoms with Gasteiger partial charge in [0.25, 0.3) is 0 Å². The topological polar surface area (TPSA) is 55.6 Å². The van der Waals surface area contributed by atoms with E-state index in [1.807, 2.05) is 46.1 Å². The monoisotopic (exact) mass is 290 g/mol. The van der Waals surface area contributed by atoms with Crippen molar-refractivity contribution in [1.82, 2.24) is 9.88 Å². The molecule has 0 spiro atoms. The Morgan fingerprint density at radius 1 is 1.33 bits per heavy atom. The second-order valence-electron chi connectivity index (χ2n) is 5.66. The number of fused-ring (bicyclic) bond motifs is 1. The molecule has 2 rings (SSSR count). The average Bonchev–Trinajstić information content (AvgIpc) is 2.42. The summed E-state index contributed by atoms with van der Waals surface area (Å²) in [5.41, 5.74) is 1.24. The summed E-state index contributed by atoms with van der Waals surface area (Å²) in [6.07, 6.45) is 0.912. The quantitative estimate of drug-likeness (QED) is 0.766. The maximum absolute atomic E-state index is 11.6. The lowest BCUT2D eigenvalue weighted by molar-refractivity contribution is 0.280. The van der Waals surface area contributed by atoms with Gasteiger partial charge in [0, 0.05) is 11.9 Å². The van der Waals surface area contributed by atoms with Crippen LogP contribution in [0.3, 0.4) is 0 Å². The van der Waals surface area contributed by atoms with Crippen molar-refractivity contribution in [3.63, 3.8) is 0 Å². The molecule has 0 N–H and O–H groups in total. The molecule has 0 saturated carbocycles. The first-order valence-electron chi connectivity index (χ1n) is 7.20. The van der Waals surface area contributed by atoms with Gasteiger partial charge in [0.05, 0.1) is 12.3 Å². The molecule has 5 heteroatoms. The molecule has 21 heavy (non-hydrogen) atoms. The van der Waals surface area contributed by atoms with Crippen molar-refractivity contribution in [3.05, 3.63) is 34.4 Å². The standard InChI is InChI=1S/C16H22N2O3/c1-11(2)14-12-7-5-8-13(15(12)21-16(19)17-14)20-10-6-9-18(3)4/h5,7-8,11H,6,9-10H2,1-4H3. The Balaban J connectivity index is 2.30. The zero-order valence-corrected chi connectivity index (χ0v) is 13.0.